The van der Waals surface area contributed by atoms with E-state index in [4.69, 9.17) is 5.73 Å². The van der Waals surface area contributed by atoms with E-state index in [1.807, 2.05) is 45.9 Å². The SMILES string of the molecule is C=C(C)Nc1cccc(C)c1.C=C/C=C(C)\C(C=NC)=C(/C)N.Cc1ccc(F)cc1. The van der Waals surface area contributed by atoms with Crippen LogP contribution >= 0.6 is 0 Å². The minimum absolute atomic E-state index is 0.171. The summed E-state index contributed by atoms with van der Waals surface area (Å²) in [6, 6.07) is 14.6. The number of nitrogens with zero attached hydrogens (tertiary/aromatic N) is 1. The average Bonchev–Trinajstić information content (AvgIpc) is 2.69. The van der Waals surface area contributed by atoms with Crippen LogP contribution in [0.25, 0.3) is 0 Å². The molecular formula is C27H36FN3. The number of hydrogen-bond acceptors (Lipinski definition) is 3. The highest BCUT2D eigenvalue weighted by Crippen LogP contribution is 2.11. The summed E-state index contributed by atoms with van der Waals surface area (Å²) in [6.07, 6.45) is 5.40. The van der Waals surface area contributed by atoms with E-state index >= 15 is 0 Å². The first-order valence-corrected chi connectivity index (χ1v) is 10.00. The molecule has 2 aromatic rings. The Morgan fingerprint density at radius 1 is 1.03 bits per heavy atom. The predicted octanol–water partition coefficient (Wildman–Crippen LogP) is 7.13. The van der Waals surface area contributed by atoms with Gasteiger partial charge in [-0.2, -0.15) is 0 Å². The van der Waals surface area contributed by atoms with Gasteiger partial charge in [-0.15, -0.1) is 0 Å². The Balaban J connectivity index is 0.000000443. The molecule has 0 aliphatic heterocycles. The minimum Gasteiger partial charge on any atom is -0.402 e. The van der Waals surface area contributed by atoms with E-state index in [9.17, 15) is 4.39 Å². The number of aliphatic imine (C=N–C) groups is 1. The van der Waals surface area contributed by atoms with Crippen LogP contribution < -0.4 is 11.1 Å². The fourth-order valence-corrected chi connectivity index (χ4v) is 2.41. The number of allylic oxidation sites excluding steroid dienone is 6. The lowest BCUT2D eigenvalue weighted by atomic mass is 10.1. The highest BCUT2D eigenvalue weighted by molar-refractivity contribution is 5.85. The molecule has 0 unspecified atom stereocenters. The monoisotopic (exact) mass is 421 g/mol. The van der Waals surface area contributed by atoms with Crippen LogP contribution in [0.1, 0.15) is 31.9 Å². The molecule has 2 rings (SSSR count). The third kappa shape index (κ3) is 13.4. The number of rotatable bonds is 5. The molecule has 3 N–H and O–H groups in total. The molecule has 0 spiro atoms. The summed E-state index contributed by atoms with van der Waals surface area (Å²) in [5.74, 6) is -0.171. The second-order valence-corrected chi connectivity index (χ2v) is 7.14. The van der Waals surface area contributed by atoms with E-state index in [-0.39, 0.29) is 5.82 Å². The van der Waals surface area contributed by atoms with Crippen LogP contribution in [0.4, 0.5) is 10.1 Å². The lowest BCUT2D eigenvalue weighted by Gasteiger charge is -2.04. The maximum Gasteiger partial charge on any atom is 0.123 e. The summed E-state index contributed by atoms with van der Waals surface area (Å²) in [6.45, 7) is 17.2. The molecule has 0 fully saturated rings. The van der Waals surface area contributed by atoms with Crippen molar-refractivity contribution in [2.45, 2.75) is 34.6 Å². The van der Waals surface area contributed by atoms with Crippen LogP contribution in [0, 0.1) is 19.7 Å². The zero-order chi connectivity index (χ0) is 23.8. The highest BCUT2D eigenvalue weighted by atomic mass is 19.1. The summed E-state index contributed by atoms with van der Waals surface area (Å²) < 4.78 is 12.1. The van der Waals surface area contributed by atoms with Gasteiger partial charge in [0.25, 0.3) is 0 Å². The number of halogens is 1. The normalized spacial score (nSPS) is 11.4. The Morgan fingerprint density at radius 2 is 1.65 bits per heavy atom. The third-order valence-electron chi connectivity index (χ3n) is 3.86. The molecule has 0 atom stereocenters. The van der Waals surface area contributed by atoms with Gasteiger partial charge in [0.05, 0.1) is 0 Å². The summed E-state index contributed by atoms with van der Waals surface area (Å²) in [7, 11) is 1.73. The van der Waals surface area contributed by atoms with Gasteiger partial charge in [-0.3, -0.25) is 4.99 Å². The van der Waals surface area contributed by atoms with Crippen molar-refractivity contribution < 1.29 is 4.39 Å². The van der Waals surface area contributed by atoms with Crippen LogP contribution in [-0.4, -0.2) is 13.3 Å². The third-order valence-corrected chi connectivity index (χ3v) is 3.86. The van der Waals surface area contributed by atoms with E-state index in [2.05, 4.69) is 42.5 Å². The fourth-order valence-electron chi connectivity index (χ4n) is 2.41. The summed E-state index contributed by atoms with van der Waals surface area (Å²) in [4.78, 5) is 3.92. The van der Waals surface area contributed by atoms with Crippen molar-refractivity contribution in [2.24, 2.45) is 10.7 Å². The summed E-state index contributed by atoms with van der Waals surface area (Å²) in [5, 5.41) is 3.15. The number of aryl methyl sites for hydroxylation is 2. The molecular weight excluding hydrogens is 385 g/mol. The molecule has 0 amide bonds. The second-order valence-electron chi connectivity index (χ2n) is 7.14. The number of anilines is 1. The number of nitrogens with two attached hydrogens (primary N) is 1. The van der Waals surface area contributed by atoms with Gasteiger partial charge in [0.15, 0.2) is 0 Å². The lowest BCUT2D eigenvalue weighted by Crippen LogP contribution is -2.00. The smallest absolute Gasteiger partial charge is 0.123 e. The Morgan fingerprint density at radius 3 is 2.06 bits per heavy atom. The average molecular weight is 422 g/mol. The van der Waals surface area contributed by atoms with Gasteiger partial charge in [0, 0.05) is 35.9 Å². The molecule has 4 heteroatoms. The first-order chi connectivity index (χ1) is 14.6. The van der Waals surface area contributed by atoms with Crippen LogP contribution in [0.15, 0.2) is 101 Å². The molecule has 0 aliphatic rings. The van der Waals surface area contributed by atoms with Crippen molar-refractivity contribution in [3.8, 4) is 0 Å². The van der Waals surface area contributed by atoms with Crippen molar-refractivity contribution in [1.82, 2.24) is 0 Å². The standard InChI is InChI=1S/C10H16N2.C10H13N.C7H7F/c1-5-6-8(2)10(7-12-4)9(3)11;1-8(2)11-10-6-4-5-9(3)7-10;1-6-2-4-7(8)5-3-6/h5-7H,1,11H2,2-4H3;4-7,11H,1H2,2-3H3;2-5H,1H3/b8-6-,10-9+,12-7?;;. The second kappa shape index (κ2) is 15.4. The molecule has 0 aromatic heterocycles. The van der Waals surface area contributed by atoms with Crippen molar-refractivity contribution in [3.05, 3.63) is 113 Å². The van der Waals surface area contributed by atoms with Crippen LogP contribution in [0.5, 0.6) is 0 Å². The zero-order valence-electron chi connectivity index (χ0n) is 19.7. The zero-order valence-corrected chi connectivity index (χ0v) is 19.7. The first kappa shape index (κ1) is 27.6. The molecule has 0 saturated carbocycles. The minimum atomic E-state index is -0.171. The Bertz CT molecular complexity index is 895. The van der Waals surface area contributed by atoms with Crippen molar-refractivity contribution in [1.29, 1.82) is 0 Å². The maximum atomic E-state index is 12.1. The summed E-state index contributed by atoms with van der Waals surface area (Å²) in [5.41, 5.74) is 12.9. The van der Waals surface area contributed by atoms with Gasteiger partial charge in [0.1, 0.15) is 5.82 Å². The Hall–Kier alpha value is -3.40. The largest absolute Gasteiger partial charge is 0.402 e. The van der Waals surface area contributed by atoms with E-state index in [0.29, 0.717) is 0 Å². The first-order valence-electron chi connectivity index (χ1n) is 10.00. The summed E-state index contributed by atoms with van der Waals surface area (Å²) >= 11 is 0. The number of nitrogens with one attached hydrogen (secondary N) is 1. The molecule has 0 radical (unpaired) electrons. The van der Waals surface area contributed by atoms with E-state index < -0.39 is 0 Å². The number of hydrogen-bond donors (Lipinski definition) is 2. The van der Waals surface area contributed by atoms with Crippen LogP contribution in [0.2, 0.25) is 0 Å². The predicted molar refractivity (Wildman–Crippen MR) is 136 cm³/mol. The van der Waals surface area contributed by atoms with Gasteiger partial charge < -0.3 is 11.1 Å². The number of benzene rings is 2. The molecule has 2 aromatic carbocycles. The molecule has 0 saturated heterocycles. The highest BCUT2D eigenvalue weighted by Gasteiger charge is 1.97. The van der Waals surface area contributed by atoms with Gasteiger partial charge >= 0.3 is 0 Å². The van der Waals surface area contributed by atoms with Crippen LogP contribution in [-0.2, 0) is 0 Å². The Kier molecular flexibility index (Phi) is 13.7. The van der Waals surface area contributed by atoms with E-state index in [0.717, 1.165) is 33.8 Å². The lowest BCUT2D eigenvalue weighted by molar-refractivity contribution is 0.627. The van der Waals surface area contributed by atoms with Crippen LogP contribution in [0.3, 0.4) is 0 Å². The van der Waals surface area contributed by atoms with Gasteiger partial charge in [0.2, 0.25) is 0 Å². The van der Waals surface area contributed by atoms with E-state index in [1.165, 1.54) is 17.7 Å². The fraction of sp³-hybridized carbons (Fsp3) is 0.222. The molecule has 0 bridgehead atoms. The molecule has 166 valence electrons. The van der Waals surface area contributed by atoms with Crippen molar-refractivity contribution >= 4 is 11.9 Å². The van der Waals surface area contributed by atoms with Crippen molar-refractivity contribution in [2.75, 3.05) is 12.4 Å². The molecule has 0 aliphatic carbocycles. The topological polar surface area (TPSA) is 50.4 Å². The maximum absolute atomic E-state index is 12.1. The van der Waals surface area contributed by atoms with Gasteiger partial charge in [-0.05, 0) is 70.0 Å². The van der Waals surface area contributed by atoms with Crippen molar-refractivity contribution in [3.63, 3.8) is 0 Å². The van der Waals surface area contributed by atoms with Gasteiger partial charge in [-0.1, -0.05) is 55.1 Å². The molecule has 3 nitrogen and oxygen atoms in total. The Labute approximate surface area is 187 Å². The van der Waals surface area contributed by atoms with Gasteiger partial charge in [-0.25, -0.2) is 4.39 Å². The molecule has 0 heterocycles. The molecule has 31 heavy (non-hydrogen) atoms. The quantitative estimate of drug-likeness (QED) is 0.399. The van der Waals surface area contributed by atoms with E-state index in [1.54, 1.807) is 31.5 Å².